The fraction of sp³-hybridized carbons (Fsp3) is 0.800. The van der Waals surface area contributed by atoms with Crippen LogP contribution < -0.4 is 0 Å². The SMILES string of the molecule is CCB1OC(C(=O)N(C)C)C(C(=O)N(C)C)O1. The van der Waals surface area contributed by atoms with Gasteiger partial charge in [0.2, 0.25) is 0 Å². The largest absolute Gasteiger partial charge is 0.457 e. The van der Waals surface area contributed by atoms with E-state index in [1.807, 2.05) is 6.92 Å². The maximum absolute atomic E-state index is 11.9. The third-order valence-corrected chi connectivity index (χ3v) is 2.57. The van der Waals surface area contributed by atoms with Crippen LogP contribution in [0.15, 0.2) is 0 Å². The van der Waals surface area contributed by atoms with Gasteiger partial charge in [0.15, 0.2) is 12.2 Å². The molecular formula is C10H19BN2O4. The minimum Gasteiger partial charge on any atom is -0.397 e. The lowest BCUT2D eigenvalue weighted by Gasteiger charge is -2.22. The molecular weight excluding hydrogens is 223 g/mol. The Labute approximate surface area is 102 Å². The van der Waals surface area contributed by atoms with Crippen molar-refractivity contribution in [1.82, 2.24) is 9.80 Å². The van der Waals surface area contributed by atoms with Crippen molar-refractivity contribution in [2.45, 2.75) is 25.5 Å². The normalized spacial score (nSPS) is 23.7. The van der Waals surface area contributed by atoms with E-state index in [9.17, 15) is 9.59 Å². The van der Waals surface area contributed by atoms with Crippen molar-refractivity contribution >= 4 is 18.9 Å². The molecule has 0 aromatic rings. The van der Waals surface area contributed by atoms with Crippen LogP contribution in [0.3, 0.4) is 0 Å². The molecule has 96 valence electrons. The van der Waals surface area contributed by atoms with Gasteiger partial charge in [-0.2, -0.15) is 0 Å². The maximum atomic E-state index is 11.9. The number of hydrogen-bond donors (Lipinski definition) is 0. The van der Waals surface area contributed by atoms with Gasteiger partial charge in [-0.05, 0) is 6.32 Å². The average molecular weight is 242 g/mol. The number of rotatable bonds is 3. The molecule has 0 aromatic heterocycles. The highest BCUT2D eigenvalue weighted by Gasteiger charge is 2.47. The van der Waals surface area contributed by atoms with Crippen LogP contribution in [0.2, 0.25) is 6.32 Å². The lowest BCUT2D eigenvalue weighted by atomic mass is 9.87. The fourth-order valence-corrected chi connectivity index (χ4v) is 1.58. The van der Waals surface area contributed by atoms with Crippen molar-refractivity contribution in [2.75, 3.05) is 28.2 Å². The van der Waals surface area contributed by atoms with E-state index in [0.29, 0.717) is 6.32 Å². The molecule has 2 unspecified atom stereocenters. The zero-order valence-corrected chi connectivity index (χ0v) is 11.0. The molecule has 1 rings (SSSR count). The number of likely N-dealkylation sites (N-methyl/N-ethyl adjacent to an activating group) is 2. The predicted octanol–water partition coefficient (Wildman–Crippen LogP) is -0.545. The first kappa shape index (κ1) is 14.0. The fourth-order valence-electron chi connectivity index (χ4n) is 1.58. The highest BCUT2D eigenvalue weighted by molar-refractivity contribution is 6.46. The van der Waals surface area contributed by atoms with Crippen molar-refractivity contribution < 1.29 is 18.9 Å². The van der Waals surface area contributed by atoms with E-state index < -0.39 is 19.3 Å². The summed E-state index contributed by atoms with van der Waals surface area (Å²) in [6.07, 6.45) is -1.08. The smallest absolute Gasteiger partial charge is 0.397 e. The second-order valence-electron chi connectivity index (χ2n) is 4.42. The van der Waals surface area contributed by atoms with Gasteiger partial charge >= 0.3 is 7.12 Å². The van der Waals surface area contributed by atoms with Gasteiger partial charge in [0.25, 0.3) is 11.8 Å². The molecule has 1 aliphatic heterocycles. The van der Waals surface area contributed by atoms with E-state index in [1.165, 1.54) is 9.80 Å². The van der Waals surface area contributed by atoms with Crippen LogP contribution in [-0.2, 0) is 18.9 Å². The lowest BCUT2D eigenvalue weighted by molar-refractivity contribution is -0.146. The summed E-state index contributed by atoms with van der Waals surface area (Å²) in [5, 5.41) is 0. The van der Waals surface area contributed by atoms with Gasteiger partial charge in [0, 0.05) is 28.2 Å². The summed E-state index contributed by atoms with van der Waals surface area (Å²) in [5.41, 5.74) is 0. The third kappa shape index (κ3) is 2.98. The summed E-state index contributed by atoms with van der Waals surface area (Å²) in [4.78, 5) is 26.6. The molecule has 0 aliphatic carbocycles. The predicted molar refractivity (Wildman–Crippen MR) is 63.4 cm³/mol. The monoisotopic (exact) mass is 242 g/mol. The number of hydrogen-bond acceptors (Lipinski definition) is 4. The molecule has 0 spiro atoms. The van der Waals surface area contributed by atoms with Gasteiger partial charge < -0.3 is 19.1 Å². The molecule has 2 amide bonds. The van der Waals surface area contributed by atoms with Crippen LogP contribution >= 0.6 is 0 Å². The molecule has 0 N–H and O–H groups in total. The van der Waals surface area contributed by atoms with Crippen molar-refractivity contribution in [3.63, 3.8) is 0 Å². The topological polar surface area (TPSA) is 59.1 Å². The van der Waals surface area contributed by atoms with Crippen molar-refractivity contribution in [3.8, 4) is 0 Å². The molecule has 1 saturated heterocycles. The molecule has 1 heterocycles. The van der Waals surface area contributed by atoms with E-state index in [2.05, 4.69) is 0 Å². The van der Waals surface area contributed by atoms with E-state index in [4.69, 9.17) is 9.31 Å². The first-order chi connectivity index (χ1) is 7.88. The molecule has 2 atom stereocenters. The summed E-state index contributed by atoms with van der Waals surface area (Å²) < 4.78 is 10.9. The summed E-state index contributed by atoms with van der Waals surface area (Å²) in [6, 6.07) is 0. The second-order valence-corrected chi connectivity index (χ2v) is 4.42. The standard InChI is InChI=1S/C10H19BN2O4/c1-6-11-16-7(9(14)12(2)3)8(17-11)10(15)13(4)5/h7-8H,6H2,1-5H3. The first-order valence-corrected chi connectivity index (χ1v) is 5.61. The summed E-state index contributed by atoms with van der Waals surface area (Å²) in [7, 11) is 6.02. The second kappa shape index (κ2) is 5.51. The molecule has 17 heavy (non-hydrogen) atoms. The van der Waals surface area contributed by atoms with E-state index in [1.54, 1.807) is 28.2 Å². The Morgan fingerprint density at radius 3 is 1.59 bits per heavy atom. The van der Waals surface area contributed by atoms with E-state index in [-0.39, 0.29) is 11.8 Å². The molecule has 0 radical (unpaired) electrons. The highest BCUT2D eigenvalue weighted by Crippen LogP contribution is 2.21. The Bertz CT molecular complexity index is 281. The van der Waals surface area contributed by atoms with Crippen molar-refractivity contribution in [1.29, 1.82) is 0 Å². The molecule has 0 aromatic carbocycles. The van der Waals surface area contributed by atoms with Gasteiger partial charge in [-0.25, -0.2) is 0 Å². The summed E-state index contributed by atoms with van der Waals surface area (Å²) >= 11 is 0. The van der Waals surface area contributed by atoms with Gasteiger partial charge in [-0.15, -0.1) is 0 Å². The van der Waals surface area contributed by atoms with Crippen LogP contribution in [0.4, 0.5) is 0 Å². The zero-order chi connectivity index (χ0) is 13.2. The van der Waals surface area contributed by atoms with E-state index >= 15 is 0 Å². The Balaban J connectivity index is 2.85. The Kier molecular flexibility index (Phi) is 4.53. The first-order valence-electron chi connectivity index (χ1n) is 5.61. The lowest BCUT2D eigenvalue weighted by Crippen LogP contribution is -2.47. The molecule has 1 aliphatic rings. The highest BCUT2D eigenvalue weighted by atomic mass is 16.7. The van der Waals surface area contributed by atoms with Gasteiger partial charge in [0.1, 0.15) is 0 Å². The number of amides is 2. The van der Waals surface area contributed by atoms with Crippen molar-refractivity contribution in [3.05, 3.63) is 0 Å². The van der Waals surface area contributed by atoms with E-state index in [0.717, 1.165) is 0 Å². The van der Waals surface area contributed by atoms with Crippen LogP contribution in [-0.4, -0.2) is 69.1 Å². The number of carbonyl (C=O) groups excluding carboxylic acids is 2. The third-order valence-electron chi connectivity index (χ3n) is 2.57. The average Bonchev–Trinajstić information content (AvgIpc) is 2.70. The zero-order valence-electron chi connectivity index (χ0n) is 11.0. The minimum absolute atomic E-state index is 0.249. The Hall–Kier alpha value is -1.08. The van der Waals surface area contributed by atoms with Crippen LogP contribution in [0.1, 0.15) is 6.92 Å². The maximum Gasteiger partial charge on any atom is 0.457 e. The summed E-state index contributed by atoms with van der Waals surface area (Å²) in [6.45, 7) is 1.88. The van der Waals surface area contributed by atoms with Gasteiger partial charge in [0.05, 0.1) is 0 Å². The van der Waals surface area contributed by atoms with Crippen molar-refractivity contribution in [2.24, 2.45) is 0 Å². The Morgan fingerprint density at radius 1 is 1.00 bits per heavy atom. The number of nitrogens with zero attached hydrogens (tertiary/aromatic N) is 2. The number of carbonyl (C=O) groups is 2. The molecule has 0 saturated carbocycles. The quantitative estimate of drug-likeness (QED) is 0.623. The molecule has 1 fully saturated rings. The summed E-state index contributed by atoms with van der Waals surface area (Å²) in [5.74, 6) is -0.498. The van der Waals surface area contributed by atoms with Crippen LogP contribution in [0, 0.1) is 0 Å². The van der Waals surface area contributed by atoms with Gasteiger partial charge in [-0.1, -0.05) is 6.92 Å². The molecule has 6 nitrogen and oxygen atoms in total. The van der Waals surface area contributed by atoms with Crippen LogP contribution in [0.5, 0.6) is 0 Å². The van der Waals surface area contributed by atoms with Gasteiger partial charge in [-0.3, -0.25) is 9.59 Å². The molecule has 7 heteroatoms. The Morgan fingerprint density at radius 2 is 1.35 bits per heavy atom. The minimum atomic E-state index is -0.843. The van der Waals surface area contributed by atoms with Crippen LogP contribution in [0.25, 0.3) is 0 Å². The molecule has 0 bridgehead atoms.